The highest BCUT2D eigenvalue weighted by molar-refractivity contribution is 7.25. The van der Waals surface area contributed by atoms with Crippen LogP contribution in [-0.4, -0.2) is 9.13 Å². The van der Waals surface area contributed by atoms with E-state index in [9.17, 15) is 0 Å². The lowest BCUT2D eigenvalue weighted by molar-refractivity contribution is 0.988. The second-order valence-electron chi connectivity index (χ2n) is 18.3. The zero-order chi connectivity index (χ0) is 46.5. The molecule has 0 N–H and O–H groups in total. The molecule has 2 aliphatic heterocycles. The number of para-hydroxylation sites is 6. The quantitative estimate of drug-likeness (QED) is 0.165. The van der Waals surface area contributed by atoms with Crippen molar-refractivity contribution in [1.82, 2.24) is 9.13 Å². The first-order valence-electron chi connectivity index (χ1n) is 24.2. The SMILES string of the molecule is C=CC1=C(/C=C\C)c2c(c3ccccc3n2-c2ccc3sc4ccc(-n5c6c(c7ccccc75)-c5ccccc5N(c5ccccc5)c5ccccc5-6)cc4c3c2)-c2ccccc2N1C1=CCCC=C1. The number of allylic oxidation sites excluding steroid dienone is 7. The molecule has 0 saturated heterocycles. The van der Waals surface area contributed by atoms with Gasteiger partial charge in [0.15, 0.2) is 0 Å². The lowest BCUT2D eigenvalue weighted by Gasteiger charge is -2.30. The second-order valence-corrected chi connectivity index (χ2v) is 19.4. The molecule has 0 unspecified atom stereocenters. The molecular formula is C65H46N4S. The van der Waals surface area contributed by atoms with Gasteiger partial charge in [-0.1, -0.05) is 140 Å². The highest BCUT2D eigenvalue weighted by Crippen LogP contribution is 2.55. The van der Waals surface area contributed by atoms with Gasteiger partial charge in [-0.25, -0.2) is 0 Å². The molecule has 5 heteroatoms. The fourth-order valence-corrected chi connectivity index (χ4v) is 12.7. The summed E-state index contributed by atoms with van der Waals surface area (Å²) < 4.78 is 7.55. The maximum absolute atomic E-state index is 4.50. The Morgan fingerprint density at radius 1 is 0.486 bits per heavy atom. The lowest BCUT2D eigenvalue weighted by atomic mass is 9.97. The van der Waals surface area contributed by atoms with Crippen LogP contribution >= 0.6 is 11.3 Å². The molecule has 5 heterocycles. The van der Waals surface area contributed by atoms with Crippen molar-refractivity contribution in [3.8, 4) is 44.9 Å². The predicted octanol–water partition coefficient (Wildman–Crippen LogP) is 18.3. The summed E-state index contributed by atoms with van der Waals surface area (Å²) in [6, 6.07) is 69.6. The summed E-state index contributed by atoms with van der Waals surface area (Å²) in [5.41, 5.74) is 21.0. The molecule has 4 nitrogen and oxygen atoms in total. The molecule has 0 radical (unpaired) electrons. The molecule has 11 aromatic rings. The molecule has 3 aliphatic rings. The van der Waals surface area contributed by atoms with Gasteiger partial charge < -0.3 is 18.9 Å². The average Bonchev–Trinajstić information content (AvgIpc) is 4.02. The molecule has 0 spiro atoms. The summed E-state index contributed by atoms with van der Waals surface area (Å²) in [6.07, 6.45) is 15.5. The number of nitrogens with zero attached hydrogens (tertiary/aromatic N) is 4. The predicted molar refractivity (Wildman–Crippen MR) is 298 cm³/mol. The number of benzene rings is 8. The van der Waals surface area contributed by atoms with E-state index in [1.54, 1.807) is 0 Å². The van der Waals surface area contributed by atoms with Gasteiger partial charge in [-0.3, -0.25) is 0 Å². The Balaban J connectivity index is 1.02. The summed E-state index contributed by atoms with van der Waals surface area (Å²) in [7, 11) is 0. The molecule has 0 atom stereocenters. The number of hydrogen-bond donors (Lipinski definition) is 0. The van der Waals surface area contributed by atoms with E-state index < -0.39 is 0 Å². The third-order valence-electron chi connectivity index (χ3n) is 14.5. The molecular weight excluding hydrogens is 869 g/mol. The molecule has 70 heavy (non-hydrogen) atoms. The van der Waals surface area contributed by atoms with Crippen LogP contribution in [0.5, 0.6) is 0 Å². The first kappa shape index (κ1) is 40.4. The van der Waals surface area contributed by atoms with Crippen molar-refractivity contribution in [3.05, 3.63) is 248 Å². The summed E-state index contributed by atoms with van der Waals surface area (Å²) in [6.45, 7) is 6.62. The molecule has 3 aromatic heterocycles. The smallest absolute Gasteiger partial charge is 0.0641 e. The Morgan fingerprint density at radius 2 is 1.01 bits per heavy atom. The van der Waals surface area contributed by atoms with Crippen LogP contribution in [0.4, 0.5) is 22.7 Å². The van der Waals surface area contributed by atoms with Gasteiger partial charge >= 0.3 is 0 Å². The Labute approximate surface area is 411 Å². The van der Waals surface area contributed by atoms with Gasteiger partial charge in [-0.05, 0) is 111 Å². The third-order valence-corrected chi connectivity index (χ3v) is 15.6. The molecule has 14 rings (SSSR count). The zero-order valence-electron chi connectivity index (χ0n) is 38.7. The number of fused-ring (bicyclic) bond motifs is 15. The minimum atomic E-state index is 1.00. The van der Waals surface area contributed by atoms with Crippen molar-refractivity contribution in [2.24, 2.45) is 0 Å². The van der Waals surface area contributed by atoms with Gasteiger partial charge in [0.05, 0.1) is 45.2 Å². The number of aromatic nitrogens is 2. The van der Waals surface area contributed by atoms with Gasteiger partial charge in [0, 0.05) is 87.1 Å². The van der Waals surface area contributed by atoms with E-state index in [4.69, 9.17) is 0 Å². The van der Waals surface area contributed by atoms with Crippen molar-refractivity contribution in [3.63, 3.8) is 0 Å². The molecule has 1 aliphatic carbocycles. The third kappa shape index (κ3) is 5.88. The summed E-state index contributed by atoms with van der Waals surface area (Å²) >= 11 is 1.86. The number of thiophene rings is 1. The summed E-state index contributed by atoms with van der Waals surface area (Å²) in [5.74, 6) is 0. The van der Waals surface area contributed by atoms with Gasteiger partial charge in [-0.2, -0.15) is 0 Å². The topological polar surface area (TPSA) is 16.3 Å². The van der Waals surface area contributed by atoms with Gasteiger partial charge in [-0.15, -0.1) is 11.3 Å². The average molecular weight is 915 g/mol. The number of rotatable bonds is 6. The second kappa shape index (κ2) is 16.0. The van der Waals surface area contributed by atoms with Gasteiger partial charge in [0.1, 0.15) is 0 Å². The summed E-state index contributed by atoms with van der Waals surface area (Å²) in [5, 5.41) is 4.93. The first-order chi connectivity index (χ1) is 34.7. The minimum absolute atomic E-state index is 1.00. The van der Waals surface area contributed by atoms with Gasteiger partial charge in [0.25, 0.3) is 0 Å². The monoisotopic (exact) mass is 914 g/mol. The Kier molecular flexibility index (Phi) is 9.23. The van der Waals surface area contributed by atoms with Crippen LogP contribution in [0.3, 0.4) is 0 Å². The van der Waals surface area contributed by atoms with Crippen LogP contribution in [-0.2, 0) is 0 Å². The van der Waals surface area contributed by atoms with Crippen molar-refractivity contribution < 1.29 is 0 Å². The largest absolute Gasteiger partial charge is 0.310 e. The van der Waals surface area contributed by atoms with Crippen molar-refractivity contribution in [1.29, 1.82) is 0 Å². The molecule has 0 bridgehead atoms. The molecule has 0 fully saturated rings. The van der Waals surface area contributed by atoms with Gasteiger partial charge in [0.2, 0.25) is 0 Å². The number of hydrogen-bond acceptors (Lipinski definition) is 3. The van der Waals surface area contributed by atoms with Crippen LogP contribution in [0.2, 0.25) is 0 Å². The van der Waals surface area contributed by atoms with E-state index in [-0.39, 0.29) is 0 Å². The Bertz CT molecular complexity index is 4110. The Hall–Kier alpha value is -8.64. The molecule has 0 saturated carbocycles. The number of anilines is 4. The molecule has 332 valence electrons. The van der Waals surface area contributed by atoms with E-state index >= 15 is 0 Å². The van der Waals surface area contributed by atoms with E-state index in [0.717, 1.165) is 63.9 Å². The van der Waals surface area contributed by atoms with Crippen LogP contribution in [0, 0.1) is 0 Å². The molecule has 8 aromatic carbocycles. The van der Waals surface area contributed by atoms with Crippen LogP contribution in [0.15, 0.2) is 242 Å². The lowest BCUT2D eigenvalue weighted by Crippen LogP contribution is -2.21. The normalized spacial score (nSPS) is 14.2. The van der Waals surface area contributed by atoms with Crippen LogP contribution in [0.1, 0.15) is 25.5 Å². The highest BCUT2D eigenvalue weighted by Gasteiger charge is 2.34. The zero-order valence-corrected chi connectivity index (χ0v) is 39.5. The van der Waals surface area contributed by atoms with Crippen molar-refractivity contribution >= 4 is 81.6 Å². The fourth-order valence-electron chi connectivity index (χ4n) is 11.7. The van der Waals surface area contributed by atoms with Crippen LogP contribution < -0.4 is 9.80 Å². The first-order valence-corrected chi connectivity index (χ1v) is 25.1. The maximum Gasteiger partial charge on any atom is 0.0641 e. The summed E-state index contributed by atoms with van der Waals surface area (Å²) in [4.78, 5) is 4.85. The highest BCUT2D eigenvalue weighted by atomic mass is 32.1. The van der Waals surface area contributed by atoms with Crippen LogP contribution in [0.25, 0.3) is 92.4 Å². The van der Waals surface area contributed by atoms with Crippen molar-refractivity contribution in [2.75, 3.05) is 9.80 Å². The maximum atomic E-state index is 4.50. The van der Waals surface area contributed by atoms with Crippen molar-refractivity contribution in [2.45, 2.75) is 19.8 Å². The van der Waals surface area contributed by atoms with E-state index in [0.29, 0.717) is 0 Å². The Morgan fingerprint density at radius 3 is 1.61 bits per heavy atom. The van der Waals surface area contributed by atoms with E-state index in [1.165, 1.54) is 81.2 Å². The van der Waals surface area contributed by atoms with E-state index in [1.807, 2.05) is 17.4 Å². The minimum Gasteiger partial charge on any atom is -0.310 e. The fraction of sp³-hybridized carbons (Fsp3) is 0.0462. The molecule has 0 amide bonds. The van der Waals surface area contributed by atoms with E-state index in [2.05, 4.69) is 251 Å². The standard InChI is InChI=1S/C65H46N4S/c1-3-21-50-54(4-2)66(42-22-7-5-8-23-42)55-31-16-11-26-46(55)62-48-28-13-18-33-57(48)68(64(50)62)44-36-38-60-52(40-44)53-41-45(37-39-61(53)70-60)69-58-34-19-14-29-49(58)63-47-27-12-17-32-56(47)67(43-24-9-6-10-25-43)59-35-20-15-30-51(59)65(63)69/h3-4,6-7,9-41H,2,5,8H2,1H3/b21-3-.